The lowest BCUT2D eigenvalue weighted by molar-refractivity contribution is -0.127. The summed E-state index contributed by atoms with van der Waals surface area (Å²) in [5, 5.41) is 5.12. The van der Waals surface area contributed by atoms with E-state index in [9.17, 15) is 4.79 Å². The van der Waals surface area contributed by atoms with E-state index in [1.807, 2.05) is 25.3 Å². The van der Waals surface area contributed by atoms with Gasteiger partial charge in [0.05, 0.1) is 16.4 Å². The Bertz CT molecular complexity index is 431. The van der Waals surface area contributed by atoms with Gasteiger partial charge in [0.2, 0.25) is 5.91 Å². The number of hydrogen-bond donors (Lipinski definition) is 2. The number of amides is 1. The highest BCUT2D eigenvalue weighted by Gasteiger charge is 2.35. The van der Waals surface area contributed by atoms with Crippen LogP contribution in [0.15, 0.2) is 17.5 Å². The van der Waals surface area contributed by atoms with Crippen molar-refractivity contribution in [3.63, 3.8) is 0 Å². The largest absolute Gasteiger partial charge is 0.392 e. The van der Waals surface area contributed by atoms with Gasteiger partial charge >= 0.3 is 0 Å². The average molecular weight is 298 g/mol. The van der Waals surface area contributed by atoms with E-state index in [-0.39, 0.29) is 16.9 Å². The summed E-state index contributed by atoms with van der Waals surface area (Å²) in [5.41, 5.74) is 4.96. The van der Waals surface area contributed by atoms with Crippen molar-refractivity contribution in [2.24, 2.45) is 11.1 Å². The van der Waals surface area contributed by atoms with E-state index in [2.05, 4.69) is 18.3 Å². The molecule has 1 aromatic rings. The lowest BCUT2D eigenvalue weighted by Crippen LogP contribution is -2.47. The number of thiophene rings is 1. The summed E-state index contributed by atoms with van der Waals surface area (Å²) in [6, 6.07) is 4.11. The van der Waals surface area contributed by atoms with Crippen LogP contribution in [0.4, 0.5) is 0 Å². The van der Waals surface area contributed by atoms with Crippen molar-refractivity contribution >= 4 is 34.5 Å². The third-order valence-electron chi connectivity index (χ3n) is 3.52. The Kier molecular flexibility index (Phi) is 5.94. The van der Waals surface area contributed by atoms with Crippen molar-refractivity contribution in [2.45, 2.75) is 46.1 Å². The summed E-state index contributed by atoms with van der Waals surface area (Å²) in [5.74, 6) is -0.0747. The monoisotopic (exact) mass is 298 g/mol. The second-order valence-corrected chi connectivity index (χ2v) is 6.30. The fourth-order valence-corrected chi connectivity index (χ4v) is 2.88. The van der Waals surface area contributed by atoms with Gasteiger partial charge in [-0.3, -0.25) is 4.79 Å². The molecule has 1 aromatic heterocycles. The number of hydrogen-bond acceptors (Lipinski definition) is 3. The quantitative estimate of drug-likeness (QED) is 0.759. The highest BCUT2D eigenvalue weighted by atomic mass is 32.1. The highest BCUT2D eigenvalue weighted by molar-refractivity contribution is 7.80. The zero-order chi connectivity index (χ0) is 14.5. The van der Waals surface area contributed by atoms with Crippen LogP contribution in [0.2, 0.25) is 0 Å². The summed E-state index contributed by atoms with van der Waals surface area (Å²) in [6.07, 6.45) is 2.54. The molecule has 3 N–H and O–H groups in total. The molecule has 1 rings (SSSR count). The van der Waals surface area contributed by atoms with E-state index in [1.54, 1.807) is 11.3 Å². The second-order valence-electron chi connectivity index (χ2n) is 4.88. The SMILES string of the molecule is CCCC(NC(=O)C(C)(CC)C(N)=S)c1cccs1. The normalized spacial score (nSPS) is 15.5. The summed E-state index contributed by atoms with van der Waals surface area (Å²) in [7, 11) is 0. The summed E-state index contributed by atoms with van der Waals surface area (Å²) in [4.78, 5) is 13.9. The number of carbonyl (C=O) groups excluding carboxylic acids is 1. The molecule has 1 heterocycles. The Hall–Kier alpha value is -0.940. The molecule has 3 nitrogen and oxygen atoms in total. The maximum atomic E-state index is 12.4. The zero-order valence-corrected chi connectivity index (χ0v) is 13.4. The minimum atomic E-state index is -0.765. The Balaban J connectivity index is 2.85. The van der Waals surface area contributed by atoms with Gasteiger partial charge in [-0.1, -0.05) is 38.6 Å². The second kappa shape index (κ2) is 7.01. The number of thiocarbonyl (C=S) groups is 1. The summed E-state index contributed by atoms with van der Waals surface area (Å²) >= 11 is 6.70. The van der Waals surface area contributed by atoms with Crippen molar-refractivity contribution in [1.82, 2.24) is 5.32 Å². The van der Waals surface area contributed by atoms with Crippen LogP contribution in [-0.4, -0.2) is 10.9 Å². The average Bonchev–Trinajstić information content (AvgIpc) is 2.90. The van der Waals surface area contributed by atoms with Gasteiger partial charge in [0.25, 0.3) is 0 Å². The molecule has 0 spiro atoms. The van der Waals surface area contributed by atoms with Gasteiger partial charge < -0.3 is 11.1 Å². The topological polar surface area (TPSA) is 55.1 Å². The predicted octanol–water partition coefficient (Wildman–Crippen LogP) is 3.41. The molecular formula is C14H22N2OS2. The summed E-state index contributed by atoms with van der Waals surface area (Å²) < 4.78 is 0. The molecule has 0 aliphatic carbocycles. The molecule has 0 fully saturated rings. The minimum absolute atomic E-state index is 0.0534. The van der Waals surface area contributed by atoms with E-state index < -0.39 is 5.41 Å². The molecule has 0 aromatic carbocycles. The lowest BCUT2D eigenvalue weighted by Gasteiger charge is -2.28. The van der Waals surface area contributed by atoms with Gasteiger partial charge in [-0.15, -0.1) is 11.3 Å². The maximum absolute atomic E-state index is 12.4. The van der Waals surface area contributed by atoms with E-state index >= 15 is 0 Å². The molecule has 2 unspecified atom stereocenters. The van der Waals surface area contributed by atoms with Crippen molar-refractivity contribution in [3.8, 4) is 0 Å². The molecule has 0 bridgehead atoms. The minimum Gasteiger partial charge on any atom is -0.392 e. The van der Waals surface area contributed by atoms with Crippen LogP contribution in [0.1, 0.15) is 51.0 Å². The first-order chi connectivity index (χ1) is 8.95. The zero-order valence-electron chi connectivity index (χ0n) is 11.7. The Labute approximate surface area is 124 Å². The molecule has 1 amide bonds. The van der Waals surface area contributed by atoms with Crippen molar-refractivity contribution in [3.05, 3.63) is 22.4 Å². The molecule has 2 atom stereocenters. The van der Waals surface area contributed by atoms with Gasteiger partial charge in [0.1, 0.15) is 0 Å². The molecule has 0 saturated heterocycles. The molecule has 5 heteroatoms. The lowest BCUT2D eigenvalue weighted by atomic mass is 9.86. The third-order valence-corrected chi connectivity index (χ3v) is 4.96. The van der Waals surface area contributed by atoms with Crippen LogP contribution >= 0.6 is 23.6 Å². The van der Waals surface area contributed by atoms with E-state index in [4.69, 9.17) is 18.0 Å². The maximum Gasteiger partial charge on any atom is 0.233 e. The van der Waals surface area contributed by atoms with Crippen LogP contribution in [0.5, 0.6) is 0 Å². The number of nitrogens with one attached hydrogen (secondary N) is 1. The molecule has 0 aliphatic heterocycles. The van der Waals surface area contributed by atoms with Crippen LogP contribution in [0.25, 0.3) is 0 Å². The first-order valence-electron chi connectivity index (χ1n) is 6.60. The van der Waals surface area contributed by atoms with Crippen molar-refractivity contribution < 1.29 is 4.79 Å². The van der Waals surface area contributed by atoms with Gasteiger partial charge in [0, 0.05) is 4.88 Å². The van der Waals surface area contributed by atoms with Gasteiger partial charge in [-0.05, 0) is 31.2 Å². The van der Waals surface area contributed by atoms with Gasteiger partial charge in [-0.2, -0.15) is 0 Å². The predicted molar refractivity (Wildman–Crippen MR) is 85.3 cm³/mol. The van der Waals surface area contributed by atoms with Gasteiger partial charge in [0.15, 0.2) is 0 Å². The van der Waals surface area contributed by atoms with E-state index in [1.165, 1.54) is 4.88 Å². The third kappa shape index (κ3) is 3.76. The van der Waals surface area contributed by atoms with Crippen LogP contribution in [0, 0.1) is 5.41 Å². The molecule has 0 saturated carbocycles. The molecule has 0 radical (unpaired) electrons. The first-order valence-corrected chi connectivity index (χ1v) is 7.88. The van der Waals surface area contributed by atoms with Crippen molar-refractivity contribution in [1.29, 1.82) is 0 Å². The smallest absolute Gasteiger partial charge is 0.233 e. The number of nitrogens with two attached hydrogens (primary N) is 1. The Morgan fingerprint density at radius 2 is 2.26 bits per heavy atom. The Morgan fingerprint density at radius 1 is 1.58 bits per heavy atom. The fraction of sp³-hybridized carbons (Fsp3) is 0.571. The van der Waals surface area contributed by atoms with Crippen LogP contribution in [0.3, 0.4) is 0 Å². The molecule has 19 heavy (non-hydrogen) atoms. The van der Waals surface area contributed by atoms with E-state index in [0.717, 1.165) is 12.8 Å². The number of carbonyl (C=O) groups is 1. The van der Waals surface area contributed by atoms with Crippen LogP contribution in [-0.2, 0) is 4.79 Å². The number of rotatable bonds is 7. The van der Waals surface area contributed by atoms with E-state index in [0.29, 0.717) is 6.42 Å². The van der Waals surface area contributed by atoms with Crippen molar-refractivity contribution in [2.75, 3.05) is 0 Å². The summed E-state index contributed by atoms with van der Waals surface area (Å²) in [6.45, 7) is 5.85. The van der Waals surface area contributed by atoms with Gasteiger partial charge in [-0.25, -0.2) is 0 Å². The first kappa shape index (κ1) is 16.1. The molecular weight excluding hydrogens is 276 g/mol. The molecule has 0 aliphatic rings. The standard InChI is InChI=1S/C14H22N2OS2/c1-4-7-10(11-8-6-9-19-11)16-13(17)14(3,5-2)12(15)18/h6,8-10H,4-5,7H2,1-3H3,(H2,15,18)(H,16,17). The van der Waals surface area contributed by atoms with Crippen LogP contribution < -0.4 is 11.1 Å². The highest BCUT2D eigenvalue weighted by Crippen LogP contribution is 2.27. The molecule has 106 valence electrons. The Morgan fingerprint density at radius 3 is 2.68 bits per heavy atom. The fourth-order valence-electron chi connectivity index (χ4n) is 1.83.